The number of rotatable bonds is 0. The van der Waals surface area contributed by atoms with Gasteiger partial charge in [-0.05, 0) is 32.9 Å². The summed E-state index contributed by atoms with van der Waals surface area (Å²) in [6, 6.07) is 5.30. The van der Waals surface area contributed by atoms with Crippen molar-refractivity contribution in [3.63, 3.8) is 0 Å². The first kappa shape index (κ1) is 15.6. The van der Waals surface area contributed by atoms with Gasteiger partial charge in [-0.3, -0.25) is 0 Å². The predicted molar refractivity (Wildman–Crippen MR) is 85.0 cm³/mol. The second-order valence-electron chi connectivity index (χ2n) is 7.16. The first-order valence-corrected chi connectivity index (χ1v) is 7.81. The van der Waals surface area contributed by atoms with Crippen molar-refractivity contribution in [3.05, 3.63) is 29.3 Å². The Kier molecular flexibility index (Phi) is 3.50. The molecule has 124 valence electrons. The normalized spacial score (nSPS) is 19.4. The zero-order valence-electron chi connectivity index (χ0n) is 13.7. The maximum atomic E-state index is 12.2. The summed E-state index contributed by atoms with van der Waals surface area (Å²) in [6.07, 6.45) is 0.804. The van der Waals surface area contributed by atoms with E-state index in [4.69, 9.17) is 15.2 Å². The standard InChI is InChI=1S/C17H22N2O4/c1-16(2,3)23-15(21)19-8-6-17(7-9-19)13-5-4-11(18)10-12(13)14(20)22-17/h4-5,10H,6-9,18H2,1-3H3. The number of anilines is 1. The van der Waals surface area contributed by atoms with Gasteiger partial charge in [-0.1, -0.05) is 6.07 Å². The monoisotopic (exact) mass is 318 g/mol. The van der Waals surface area contributed by atoms with Crippen molar-refractivity contribution in [3.8, 4) is 0 Å². The number of likely N-dealkylation sites (tertiary alicyclic amines) is 1. The largest absolute Gasteiger partial charge is 0.450 e. The second kappa shape index (κ2) is 5.15. The summed E-state index contributed by atoms with van der Waals surface area (Å²) in [5.74, 6) is -0.335. The fourth-order valence-electron chi connectivity index (χ4n) is 3.16. The molecule has 1 aromatic rings. The number of amides is 1. The van der Waals surface area contributed by atoms with E-state index in [0.717, 1.165) is 5.56 Å². The number of ether oxygens (including phenoxy) is 2. The Morgan fingerprint density at radius 2 is 1.96 bits per heavy atom. The van der Waals surface area contributed by atoms with Gasteiger partial charge >= 0.3 is 12.1 Å². The molecule has 3 rings (SSSR count). The molecule has 1 fully saturated rings. The molecule has 2 aliphatic heterocycles. The van der Waals surface area contributed by atoms with E-state index < -0.39 is 11.2 Å². The van der Waals surface area contributed by atoms with Crippen molar-refractivity contribution in [1.29, 1.82) is 0 Å². The van der Waals surface area contributed by atoms with Crippen molar-refractivity contribution in [2.45, 2.75) is 44.8 Å². The van der Waals surface area contributed by atoms with Gasteiger partial charge in [-0.25, -0.2) is 9.59 Å². The molecule has 23 heavy (non-hydrogen) atoms. The van der Waals surface area contributed by atoms with Gasteiger partial charge in [-0.15, -0.1) is 0 Å². The smallest absolute Gasteiger partial charge is 0.410 e. The number of carbonyl (C=O) groups excluding carboxylic acids is 2. The summed E-state index contributed by atoms with van der Waals surface area (Å²) in [4.78, 5) is 25.9. The molecule has 0 atom stereocenters. The number of benzene rings is 1. The van der Waals surface area contributed by atoms with E-state index in [1.165, 1.54) is 0 Å². The molecule has 2 heterocycles. The van der Waals surface area contributed by atoms with Crippen LogP contribution in [0.2, 0.25) is 0 Å². The molecular formula is C17H22N2O4. The lowest BCUT2D eigenvalue weighted by atomic mass is 9.84. The fourth-order valence-corrected chi connectivity index (χ4v) is 3.16. The van der Waals surface area contributed by atoms with E-state index in [1.54, 1.807) is 17.0 Å². The van der Waals surface area contributed by atoms with Crippen LogP contribution in [0.1, 0.15) is 49.5 Å². The van der Waals surface area contributed by atoms with Gasteiger partial charge in [-0.2, -0.15) is 0 Å². The average Bonchev–Trinajstić information content (AvgIpc) is 2.70. The second-order valence-corrected chi connectivity index (χ2v) is 7.16. The van der Waals surface area contributed by atoms with Crippen LogP contribution >= 0.6 is 0 Å². The van der Waals surface area contributed by atoms with E-state index in [-0.39, 0.29) is 12.1 Å². The van der Waals surface area contributed by atoms with Crippen LogP contribution in [0, 0.1) is 0 Å². The number of nitrogens with zero attached hydrogens (tertiary/aromatic N) is 1. The molecule has 0 aromatic heterocycles. The van der Waals surface area contributed by atoms with Gasteiger partial charge in [0.25, 0.3) is 0 Å². The molecule has 1 saturated heterocycles. The molecule has 2 N–H and O–H groups in total. The number of nitrogens with two attached hydrogens (primary N) is 1. The van der Waals surface area contributed by atoms with Crippen LogP contribution in [-0.4, -0.2) is 35.7 Å². The highest BCUT2D eigenvalue weighted by Crippen LogP contribution is 2.44. The van der Waals surface area contributed by atoms with Crippen LogP contribution < -0.4 is 5.73 Å². The van der Waals surface area contributed by atoms with E-state index in [2.05, 4.69) is 0 Å². The Labute approximate surface area is 135 Å². The number of esters is 1. The quantitative estimate of drug-likeness (QED) is 0.587. The van der Waals surface area contributed by atoms with Crippen LogP contribution in [0.3, 0.4) is 0 Å². The lowest BCUT2D eigenvalue weighted by molar-refractivity contribution is -0.0470. The number of piperidine rings is 1. The molecule has 1 aromatic carbocycles. The number of fused-ring (bicyclic) bond motifs is 2. The maximum Gasteiger partial charge on any atom is 0.410 e. The summed E-state index contributed by atoms with van der Waals surface area (Å²) in [6.45, 7) is 6.51. The summed E-state index contributed by atoms with van der Waals surface area (Å²) >= 11 is 0. The van der Waals surface area contributed by atoms with Crippen molar-refractivity contribution in [1.82, 2.24) is 4.90 Å². The molecule has 0 radical (unpaired) electrons. The van der Waals surface area contributed by atoms with Gasteiger partial charge in [0.1, 0.15) is 11.2 Å². The molecule has 1 spiro atoms. The number of nitrogen functional groups attached to an aromatic ring is 1. The molecule has 2 aliphatic rings. The highest BCUT2D eigenvalue weighted by Gasteiger charge is 2.48. The first-order chi connectivity index (χ1) is 10.7. The average molecular weight is 318 g/mol. The van der Waals surface area contributed by atoms with E-state index in [0.29, 0.717) is 37.2 Å². The number of carbonyl (C=O) groups is 2. The summed E-state index contributed by atoms with van der Waals surface area (Å²) in [5.41, 5.74) is 6.55. The first-order valence-electron chi connectivity index (χ1n) is 7.81. The Morgan fingerprint density at radius 1 is 1.30 bits per heavy atom. The zero-order valence-corrected chi connectivity index (χ0v) is 13.7. The van der Waals surface area contributed by atoms with E-state index in [1.807, 2.05) is 26.8 Å². The maximum absolute atomic E-state index is 12.2. The number of hydrogen-bond donors (Lipinski definition) is 1. The van der Waals surface area contributed by atoms with Crippen LogP contribution in [0.4, 0.5) is 10.5 Å². The Bertz CT molecular complexity index is 655. The molecule has 6 nitrogen and oxygen atoms in total. The lowest BCUT2D eigenvalue weighted by Gasteiger charge is -2.38. The van der Waals surface area contributed by atoms with Crippen molar-refractivity contribution >= 4 is 17.7 Å². The van der Waals surface area contributed by atoms with Gasteiger partial charge < -0.3 is 20.1 Å². The van der Waals surface area contributed by atoms with Crippen molar-refractivity contribution in [2.75, 3.05) is 18.8 Å². The number of hydrogen-bond acceptors (Lipinski definition) is 5. The third kappa shape index (κ3) is 2.85. The zero-order chi connectivity index (χ0) is 16.8. The van der Waals surface area contributed by atoms with Gasteiger partial charge in [0.2, 0.25) is 0 Å². The Morgan fingerprint density at radius 3 is 2.57 bits per heavy atom. The third-order valence-corrected chi connectivity index (χ3v) is 4.27. The fraction of sp³-hybridized carbons (Fsp3) is 0.529. The van der Waals surface area contributed by atoms with Gasteiger partial charge in [0.15, 0.2) is 0 Å². The van der Waals surface area contributed by atoms with E-state index >= 15 is 0 Å². The van der Waals surface area contributed by atoms with Gasteiger partial charge in [0.05, 0.1) is 5.56 Å². The summed E-state index contributed by atoms with van der Waals surface area (Å²) < 4.78 is 11.1. The van der Waals surface area contributed by atoms with Crippen LogP contribution in [0.5, 0.6) is 0 Å². The van der Waals surface area contributed by atoms with Crippen LogP contribution in [0.25, 0.3) is 0 Å². The van der Waals surface area contributed by atoms with Crippen LogP contribution in [0.15, 0.2) is 18.2 Å². The summed E-state index contributed by atoms with van der Waals surface area (Å²) in [7, 11) is 0. The summed E-state index contributed by atoms with van der Waals surface area (Å²) in [5, 5.41) is 0. The molecule has 0 aliphatic carbocycles. The Balaban J connectivity index is 1.75. The molecule has 0 unspecified atom stereocenters. The topological polar surface area (TPSA) is 81.9 Å². The highest BCUT2D eigenvalue weighted by molar-refractivity contribution is 5.95. The highest BCUT2D eigenvalue weighted by atomic mass is 16.6. The minimum absolute atomic E-state index is 0.325. The van der Waals surface area contributed by atoms with Crippen molar-refractivity contribution < 1.29 is 19.1 Å². The van der Waals surface area contributed by atoms with E-state index in [9.17, 15) is 9.59 Å². The lowest BCUT2D eigenvalue weighted by Crippen LogP contribution is -2.47. The molecular weight excluding hydrogens is 296 g/mol. The SMILES string of the molecule is CC(C)(C)OC(=O)N1CCC2(CC1)OC(=O)c1cc(N)ccc12. The minimum atomic E-state index is -0.640. The molecule has 0 bridgehead atoms. The molecule has 6 heteroatoms. The molecule has 1 amide bonds. The minimum Gasteiger partial charge on any atom is -0.450 e. The van der Waals surface area contributed by atoms with Crippen molar-refractivity contribution in [2.24, 2.45) is 0 Å². The van der Waals surface area contributed by atoms with Gasteiger partial charge in [0, 0.05) is 37.2 Å². The van der Waals surface area contributed by atoms with Crippen LogP contribution in [-0.2, 0) is 15.1 Å². The third-order valence-electron chi connectivity index (χ3n) is 4.27. The Hall–Kier alpha value is -2.24. The predicted octanol–water partition coefficient (Wildman–Crippen LogP) is 2.67. The molecule has 0 saturated carbocycles.